The van der Waals surface area contributed by atoms with Gasteiger partial charge in [0.2, 0.25) is 0 Å². The number of anilines is 1. The first-order valence-corrected chi connectivity index (χ1v) is 12.6. The zero-order chi connectivity index (χ0) is 24.4. The van der Waals surface area contributed by atoms with Gasteiger partial charge in [-0.3, -0.25) is 4.79 Å². The highest BCUT2D eigenvalue weighted by molar-refractivity contribution is 8.00. The first kappa shape index (κ1) is 24.6. The number of nitrogens with zero attached hydrogens (tertiary/aromatic N) is 3. The quantitative estimate of drug-likeness (QED) is 0.324. The molecule has 2 aromatic carbocycles. The predicted molar refractivity (Wildman–Crippen MR) is 138 cm³/mol. The molecule has 6 nitrogen and oxygen atoms in total. The Hall–Kier alpha value is -2.51. The predicted octanol–water partition coefficient (Wildman–Crippen LogP) is 5.59. The Morgan fingerprint density at radius 1 is 1.18 bits per heavy atom. The molecule has 0 saturated heterocycles. The van der Waals surface area contributed by atoms with Crippen molar-refractivity contribution in [2.24, 2.45) is 24.8 Å². The van der Waals surface area contributed by atoms with Crippen molar-refractivity contribution < 1.29 is 14.3 Å². The molecule has 0 radical (unpaired) electrons. The van der Waals surface area contributed by atoms with E-state index in [2.05, 4.69) is 70.3 Å². The zero-order valence-electron chi connectivity index (χ0n) is 20.9. The summed E-state index contributed by atoms with van der Waals surface area (Å²) in [7, 11) is 7.33. The number of benzene rings is 2. The molecule has 4 rings (SSSR count). The van der Waals surface area contributed by atoms with Crippen LogP contribution in [0.1, 0.15) is 37.1 Å². The molecular formula is C27H35N3O3S. The number of carbonyl (C=O) groups is 1. The molecule has 1 unspecified atom stereocenters. The van der Waals surface area contributed by atoms with E-state index in [1.807, 2.05) is 14.0 Å². The second-order valence-electron chi connectivity index (χ2n) is 9.45. The average molecular weight is 482 g/mol. The highest BCUT2D eigenvalue weighted by atomic mass is 32.2. The molecule has 1 aliphatic carbocycles. The molecule has 1 fully saturated rings. The van der Waals surface area contributed by atoms with Gasteiger partial charge in [-0.1, -0.05) is 19.1 Å². The lowest BCUT2D eigenvalue weighted by Gasteiger charge is -2.39. The lowest BCUT2D eigenvalue weighted by Crippen LogP contribution is -2.36. The van der Waals surface area contributed by atoms with Crippen LogP contribution in [0.5, 0.6) is 0 Å². The van der Waals surface area contributed by atoms with Gasteiger partial charge < -0.3 is 18.3 Å². The van der Waals surface area contributed by atoms with Crippen molar-refractivity contribution in [3.05, 3.63) is 53.9 Å². The molecule has 1 saturated carbocycles. The molecule has 1 heterocycles. The minimum Gasteiger partial charge on any atom is -0.469 e. The monoisotopic (exact) mass is 481 g/mol. The van der Waals surface area contributed by atoms with Crippen molar-refractivity contribution in [3.8, 4) is 0 Å². The molecule has 3 aromatic rings. The van der Waals surface area contributed by atoms with Crippen molar-refractivity contribution >= 4 is 34.6 Å². The van der Waals surface area contributed by atoms with Crippen molar-refractivity contribution in [1.82, 2.24) is 9.55 Å². The van der Waals surface area contributed by atoms with E-state index in [0.717, 1.165) is 40.3 Å². The van der Waals surface area contributed by atoms with Crippen LogP contribution in [-0.2, 0) is 21.3 Å². The maximum absolute atomic E-state index is 12.6. The lowest BCUT2D eigenvalue weighted by atomic mass is 9.67. The molecule has 0 amide bonds. The zero-order valence-corrected chi connectivity index (χ0v) is 21.8. The summed E-state index contributed by atoms with van der Waals surface area (Å²) in [6.45, 7) is 4.98. The molecule has 0 aliphatic heterocycles. The number of carbonyl (C=O) groups excluding carboxylic acids is 1. The Bertz CT molecular complexity index is 1140. The van der Waals surface area contributed by atoms with E-state index in [-0.39, 0.29) is 17.8 Å². The number of esters is 1. The summed E-state index contributed by atoms with van der Waals surface area (Å²) >= 11 is 1.68. The molecule has 1 aliphatic rings. The number of methoxy groups -OCH3 is 2. The SMILES string of the molecule is COC[C@@H]1CC(C(=O)OC)[C@H](c2ccc(N(C)Sc3ccc4c(c3)nc(C)n4C)cc2)C[C@@H]1C. The molecule has 182 valence electrons. The van der Waals surface area contributed by atoms with E-state index in [4.69, 9.17) is 9.47 Å². The van der Waals surface area contributed by atoms with Crippen LogP contribution in [0.2, 0.25) is 0 Å². The highest BCUT2D eigenvalue weighted by Gasteiger charge is 2.40. The molecule has 4 atom stereocenters. The number of ether oxygens (including phenoxy) is 2. The number of imidazole rings is 1. The smallest absolute Gasteiger partial charge is 0.309 e. The van der Waals surface area contributed by atoms with Gasteiger partial charge in [-0.05, 0) is 85.4 Å². The van der Waals surface area contributed by atoms with Crippen molar-refractivity contribution in [3.63, 3.8) is 0 Å². The molecule has 0 N–H and O–H groups in total. The molecule has 0 spiro atoms. The van der Waals surface area contributed by atoms with Gasteiger partial charge in [0.05, 0.1) is 24.1 Å². The summed E-state index contributed by atoms with van der Waals surface area (Å²) in [6, 6.07) is 15.0. The summed E-state index contributed by atoms with van der Waals surface area (Å²) in [6.07, 6.45) is 1.76. The number of hydrogen-bond donors (Lipinski definition) is 0. The average Bonchev–Trinajstić information content (AvgIpc) is 3.12. The molecule has 0 bridgehead atoms. The third kappa shape index (κ3) is 4.96. The van der Waals surface area contributed by atoms with Crippen molar-refractivity contribution in [1.29, 1.82) is 0 Å². The van der Waals surface area contributed by atoms with Gasteiger partial charge in [-0.15, -0.1) is 0 Å². The number of hydrogen-bond acceptors (Lipinski definition) is 6. The van der Waals surface area contributed by atoms with Crippen LogP contribution in [0, 0.1) is 24.7 Å². The van der Waals surface area contributed by atoms with Crippen LogP contribution in [-0.4, -0.2) is 43.4 Å². The van der Waals surface area contributed by atoms with Gasteiger partial charge in [-0.25, -0.2) is 4.98 Å². The molecule has 7 heteroatoms. The summed E-state index contributed by atoms with van der Waals surface area (Å²) in [5, 5.41) is 0. The summed E-state index contributed by atoms with van der Waals surface area (Å²) < 4.78 is 14.9. The number of rotatable bonds is 7. The normalized spacial score (nSPS) is 22.6. The third-order valence-corrected chi connectivity index (χ3v) is 8.31. The summed E-state index contributed by atoms with van der Waals surface area (Å²) in [5.74, 6) is 1.80. The van der Waals surface area contributed by atoms with E-state index < -0.39 is 0 Å². The summed E-state index contributed by atoms with van der Waals surface area (Å²) in [5.41, 5.74) is 4.47. The van der Waals surface area contributed by atoms with E-state index in [9.17, 15) is 4.79 Å². The number of fused-ring (bicyclic) bond motifs is 1. The van der Waals surface area contributed by atoms with Crippen molar-refractivity contribution in [2.45, 2.75) is 37.5 Å². The van der Waals surface area contributed by atoms with Gasteiger partial charge in [0.15, 0.2) is 0 Å². The van der Waals surface area contributed by atoms with E-state index >= 15 is 0 Å². The second kappa shape index (κ2) is 10.4. The lowest BCUT2D eigenvalue weighted by molar-refractivity contribution is -0.148. The maximum atomic E-state index is 12.6. The Morgan fingerprint density at radius 2 is 1.91 bits per heavy atom. The van der Waals surface area contributed by atoms with Crippen LogP contribution in [0.25, 0.3) is 11.0 Å². The van der Waals surface area contributed by atoms with E-state index in [1.54, 1.807) is 19.1 Å². The van der Waals surface area contributed by atoms with Crippen LogP contribution in [0.3, 0.4) is 0 Å². The van der Waals surface area contributed by atoms with Gasteiger partial charge >= 0.3 is 5.97 Å². The van der Waals surface area contributed by atoms with Crippen LogP contribution in [0.15, 0.2) is 47.4 Å². The first-order valence-electron chi connectivity index (χ1n) is 11.8. The summed E-state index contributed by atoms with van der Waals surface area (Å²) in [4.78, 5) is 18.4. The molecule has 34 heavy (non-hydrogen) atoms. The van der Waals surface area contributed by atoms with Crippen molar-refractivity contribution in [2.75, 3.05) is 32.2 Å². The third-order valence-electron chi connectivity index (χ3n) is 7.36. The highest BCUT2D eigenvalue weighted by Crippen LogP contribution is 2.44. The van der Waals surface area contributed by atoms with E-state index in [1.165, 1.54) is 12.7 Å². The first-order chi connectivity index (χ1) is 16.3. The number of aromatic nitrogens is 2. The maximum Gasteiger partial charge on any atom is 0.309 e. The van der Waals surface area contributed by atoms with Crippen LogP contribution < -0.4 is 4.31 Å². The Kier molecular flexibility index (Phi) is 7.53. The molecular weight excluding hydrogens is 446 g/mol. The fourth-order valence-corrected chi connectivity index (χ4v) is 6.04. The van der Waals surface area contributed by atoms with Crippen LogP contribution in [0.4, 0.5) is 5.69 Å². The Balaban J connectivity index is 1.49. The van der Waals surface area contributed by atoms with Gasteiger partial charge in [0, 0.05) is 38.4 Å². The topological polar surface area (TPSA) is 56.6 Å². The minimum atomic E-state index is -0.132. The Labute approximate surface area is 206 Å². The minimum absolute atomic E-state index is 0.116. The van der Waals surface area contributed by atoms with Gasteiger partial charge in [0.1, 0.15) is 5.82 Å². The van der Waals surface area contributed by atoms with E-state index in [0.29, 0.717) is 18.4 Å². The van der Waals surface area contributed by atoms with Gasteiger partial charge in [-0.2, -0.15) is 0 Å². The largest absolute Gasteiger partial charge is 0.469 e. The van der Waals surface area contributed by atoms with Gasteiger partial charge in [0.25, 0.3) is 0 Å². The fourth-order valence-electron chi connectivity index (χ4n) is 5.21. The van der Waals surface area contributed by atoms with Crippen LogP contribution >= 0.6 is 11.9 Å². The Morgan fingerprint density at radius 3 is 2.59 bits per heavy atom. The standard InChI is InChI=1S/C27H35N3O3S/c1-17-13-23(24(27(31)33-6)14-20(17)16-32-5)19-7-9-21(10-8-19)30(4)34-22-11-12-26-25(15-22)28-18(2)29(26)3/h7-12,15,17,20,23-24H,13-14,16H2,1-6H3/t17-,20-,23-,24?/m0/s1. The fraction of sp³-hybridized carbons (Fsp3) is 0.481. The number of aryl methyl sites for hydroxylation is 2. The molecule has 1 aromatic heterocycles. The second-order valence-corrected chi connectivity index (χ2v) is 10.7.